The summed E-state index contributed by atoms with van der Waals surface area (Å²) in [7, 11) is -3.50. The molecule has 1 saturated heterocycles. The predicted molar refractivity (Wildman–Crippen MR) is 127 cm³/mol. The third kappa shape index (κ3) is 6.33. The maximum absolute atomic E-state index is 12.7. The van der Waals surface area contributed by atoms with Gasteiger partial charge in [0.05, 0.1) is 4.90 Å². The van der Waals surface area contributed by atoms with Crippen LogP contribution < -0.4 is 10.1 Å². The van der Waals surface area contributed by atoms with E-state index in [-0.39, 0.29) is 23.3 Å². The Morgan fingerprint density at radius 3 is 2.12 bits per heavy atom. The van der Waals surface area contributed by atoms with Crippen LogP contribution in [0.15, 0.2) is 53.4 Å². The van der Waals surface area contributed by atoms with Crippen LogP contribution in [0.4, 0.5) is 5.69 Å². The Labute approximate surface area is 195 Å². The number of hydrogen-bond acceptors (Lipinski definition) is 5. The van der Waals surface area contributed by atoms with Crippen LogP contribution in [0.25, 0.3) is 0 Å². The first-order valence-electron chi connectivity index (χ1n) is 11.3. The van der Waals surface area contributed by atoms with Gasteiger partial charge in [-0.3, -0.25) is 9.59 Å². The second kappa shape index (κ2) is 11.3. The summed E-state index contributed by atoms with van der Waals surface area (Å²) in [6, 6.07) is 12.8. The molecule has 1 fully saturated rings. The number of rotatable bonds is 9. The van der Waals surface area contributed by atoms with E-state index in [2.05, 4.69) is 5.32 Å². The third-order valence-electron chi connectivity index (χ3n) is 5.61. The van der Waals surface area contributed by atoms with Crippen molar-refractivity contribution in [1.82, 2.24) is 9.21 Å². The molecule has 2 aromatic rings. The van der Waals surface area contributed by atoms with Gasteiger partial charge in [0, 0.05) is 37.4 Å². The third-order valence-corrected chi connectivity index (χ3v) is 7.53. The van der Waals surface area contributed by atoms with Crippen LogP contribution in [-0.2, 0) is 14.8 Å². The summed E-state index contributed by atoms with van der Waals surface area (Å²) < 4.78 is 32.4. The Hall–Kier alpha value is -2.91. The van der Waals surface area contributed by atoms with Crippen molar-refractivity contribution in [3.05, 3.63) is 54.1 Å². The van der Waals surface area contributed by atoms with Crippen molar-refractivity contribution in [3.8, 4) is 5.75 Å². The zero-order valence-corrected chi connectivity index (χ0v) is 19.9. The van der Waals surface area contributed by atoms with E-state index in [9.17, 15) is 18.0 Å². The quantitative estimate of drug-likeness (QED) is 0.603. The molecule has 0 bridgehead atoms. The monoisotopic (exact) mass is 473 g/mol. The lowest BCUT2D eigenvalue weighted by molar-refractivity contribution is -0.118. The highest BCUT2D eigenvalue weighted by Gasteiger charge is 2.25. The molecule has 0 unspecified atom stereocenters. The van der Waals surface area contributed by atoms with Crippen LogP contribution in [0, 0.1) is 0 Å². The smallest absolute Gasteiger partial charge is 0.262 e. The molecule has 2 amide bonds. The van der Waals surface area contributed by atoms with Gasteiger partial charge >= 0.3 is 0 Å². The number of benzene rings is 2. The molecule has 1 N–H and O–H groups in total. The number of carbonyl (C=O) groups is 2. The second-order valence-corrected chi connectivity index (χ2v) is 9.77. The fourth-order valence-electron chi connectivity index (χ4n) is 3.70. The molecule has 0 radical (unpaired) electrons. The number of hydrogen-bond donors (Lipinski definition) is 1. The molecule has 0 saturated carbocycles. The van der Waals surface area contributed by atoms with Crippen molar-refractivity contribution in [2.75, 3.05) is 38.1 Å². The first-order chi connectivity index (χ1) is 15.8. The molecule has 0 aliphatic carbocycles. The van der Waals surface area contributed by atoms with Crippen LogP contribution in [0.2, 0.25) is 0 Å². The van der Waals surface area contributed by atoms with E-state index in [1.165, 1.54) is 16.4 Å². The molecule has 8 nitrogen and oxygen atoms in total. The van der Waals surface area contributed by atoms with Gasteiger partial charge in [-0.05, 0) is 75.2 Å². The molecule has 1 aliphatic heterocycles. The van der Waals surface area contributed by atoms with Crippen molar-refractivity contribution >= 4 is 27.5 Å². The molecule has 1 aliphatic rings. The van der Waals surface area contributed by atoms with Crippen LogP contribution in [0.3, 0.4) is 0 Å². The minimum Gasteiger partial charge on any atom is -0.484 e. The summed E-state index contributed by atoms with van der Waals surface area (Å²) in [5.41, 5.74) is 1.05. The van der Waals surface area contributed by atoms with E-state index in [1.54, 1.807) is 41.3 Å². The molecule has 0 aromatic heterocycles. The molecule has 33 heavy (non-hydrogen) atoms. The summed E-state index contributed by atoms with van der Waals surface area (Å²) >= 11 is 0. The van der Waals surface area contributed by atoms with Gasteiger partial charge in [-0.25, -0.2) is 8.42 Å². The summed E-state index contributed by atoms with van der Waals surface area (Å²) in [6.07, 6.45) is 2.81. The Bertz CT molecular complexity index is 1040. The van der Waals surface area contributed by atoms with Crippen molar-refractivity contribution in [3.63, 3.8) is 0 Å². The molecule has 178 valence electrons. The van der Waals surface area contributed by atoms with E-state index in [4.69, 9.17) is 4.74 Å². The van der Waals surface area contributed by atoms with Crippen LogP contribution >= 0.6 is 0 Å². The number of anilines is 1. The normalized spacial score (nSPS) is 14.5. The van der Waals surface area contributed by atoms with Gasteiger partial charge in [-0.2, -0.15) is 4.31 Å². The molecular weight excluding hydrogens is 442 g/mol. The Balaban J connectivity index is 1.52. The number of ether oxygens (including phenoxy) is 1. The number of amides is 2. The molecule has 9 heteroatoms. The second-order valence-electron chi connectivity index (χ2n) is 7.83. The zero-order chi connectivity index (χ0) is 23.8. The van der Waals surface area contributed by atoms with Gasteiger partial charge in [0.25, 0.3) is 11.8 Å². The summed E-state index contributed by atoms with van der Waals surface area (Å²) in [4.78, 5) is 26.5. The van der Waals surface area contributed by atoms with Gasteiger partial charge in [-0.15, -0.1) is 0 Å². The van der Waals surface area contributed by atoms with Gasteiger partial charge in [0.1, 0.15) is 5.75 Å². The van der Waals surface area contributed by atoms with E-state index in [0.717, 1.165) is 19.3 Å². The molecule has 1 heterocycles. The molecule has 0 spiro atoms. The largest absolute Gasteiger partial charge is 0.484 e. The SMILES string of the molecule is CCN(CC)C(=O)c1ccc(OCC(=O)Nc2ccc(S(=O)(=O)N3CCCCC3)cc2)cc1. The van der Waals surface area contributed by atoms with Gasteiger partial charge in [0.2, 0.25) is 10.0 Å². The molecule has 2 aromatic carbocycles. The highest BCUT2D eigenvalue weighted by atomic mass is 32.2. The maximum atomic E-state index is 12.7. The molecular formula is C24H31N3O5S. The van der Waals surface area contributed by atoms with Crippen LogP contribution in [0.1, 0.15) is 43.5 Å². The minimum atomic E-state index is -3.50. The summed E-state index contributed by atoms with van der Waals surface area (Å²) in [6.45, 7) is 6.01. The van der Waals surface area contributed by atoms with E-state index in [0.29, 0.717) is 43.2 Å². The Kier molecular flexibility index (Phi) is 8.46. The first kappa shape index (κ1) is 24.7. The average Bonchev–Trinajstić information content (AvgIpc) is 2.84. The number of sulfonamides is 1. The zero-order valence-electron chi connectivity index (χ0n) is 19.1. The van der Waals surface area contributed by atoms with Gasteiger partial charge in [0.15, 0.2) is 6.61 Å². The molecule has 3 rings (SSSR count). The van der Waals surface area contributed by atoms with E-state index < -0.39 is 10.0 Å². The van der Waals surface area contributed by atoms with Crippen molar-refractivity contribution in [2.45, 2.75) is 38.0 Å². The van der Waals surface area contributed by atoms with Crippen LogP contribution in [0.5, 0.6) is 5.75 Å². The lowest BCUT2D eigenvalue weighted by Gasteiger charge is -2.25. The first-order valence-corrected chi connectivity index (χ1v) is 12.7. The van der Waals surface area contributed by atoms with Gasteiger partial charge < -0.3 is 15.0 Å². The minimum absolute atomic E-state index is 0.0463. The average molecular weight is 474 g/mol. The lowest BCUT2D eigenvalue weighted by Crippen LogP contribution is -2.35. The Morgan fingerprint density at radius 2 is 1.55 bits per heavy atom. The van der Waals surface area contributed by atoms with Crippen molar-refractivity contribution < 1.29 is 22.7 Å². The van der Waals surface area contributed by atoms with Crippen LogP contribution in [-0.4, -0.2) is 62.2 Å². The summed E-state index contributed by atoms with van der Waals surface area (Å²) in [5, 5.41) is 2.70. The fraction of sp³-hybridized carbons (Fsp3) is 0.417. The highest BCUT2D eigenvalue weighted by molar-refractivity contribution is 7.89. The van der Waals surface area contributed by atoms with E-state index >= 15 is 0 Å². The van der Waals surface area contributed by atoms with E-state index in [1.807, 2.05) is 13.8 Å². The standard InChI is InChI=1S/C24H31N3O5S/c1-3-26(4-2)24(29)19-8-12-21(13-9-19)32-18-23(28)25-20-10-14-22(15-11-20)33(30,31)27-16-6-5-7-17-27/h8-15H,3-7,16-18H2,1-2H3,(H,25,28). The number of piperidine rings is 1. The highest BCUT2D eigenvalue weighted by Crippen LogP contribution is 2.22. The van der Waals surface area contributed by atoms with Crippen molar-refractivity contribution in [1.29, 1.82) is 0 Å². The number of carbonyl (C=O) groups excluding carboxylic acids is 2. The van der Waals surface area contributed by atoms with Crippen molar-refractivity contribution in [2.24, 2.45) is 0 Å². The summed E-state index contributed by atoms with van der Waals surface area (Å²) in [5.74, 6) is 0.0594. The topological polar surface area (TPSA) is 96.0 Å². The Morgan fingerprint density at radius 1 is 0.939 bits per heavy atom. The fourth-order valence-corrected chi connectivity index (χ4v) is 5.21. The maximum Gasteiger partial charge on any atom is 0.262 e. The number of nitrogens with zero attached hydrogens (tertiary/aromatic N) is 2. The van der Waals surface area contributed by atoms with Gasteiger partial charge in [-0.1, -0.05) is 6.42 Å². The number of nitrogens with one attached hydrogen (secondary N) is 1. The lowest BCUT2D eigenvalue weighted by atomic mass is 10.2. The predicted octanol–water partition coefficient (Wildman–Crippen LogP) is 3.36. The molecule has 0 atom stereocenters.